The SMILES string of the molecule is CCNC(=O)Nc1cc(-c2nc(-c3ccccc3)cs2)c(-c2cc3c(=O)c(C(=O)O)cn(CC4CCCN4CC)c3cc2OCCN(C)C)cn1. The first-order chi connectivity index (χ1) is 24.7. The first-order valence-corrected chi connectivity index (χ1v) is 18.1. The van der Waals surface area contributed by atoms with Gasteiger partial charge in [0.05, 0.1) is 11.2 Å². The molecule has 0 bridgehead atoms. The molecule has 6 rings (SSSR count). The highest BCUT2D eigenvalue weighted by molar-refractivity contribution is 7.13. The van der Waals surface area contributed by atoms with Gasteiger partial charge in [-0.25, -0.2) is 19.6 Å². The lowest BCUT2D eigenvalue weighted by Gasteiger charge is -2.25. The van der Waals surface area contributed by atoms with Gasteiger partial charge in [0.1, 0.15) is 28.7 Å². The Morgan fingerprint density at radius 3 is 2.63 bits per heavy atom. The zero-order chi connectivity index (χ0) is 36.1. The average Bonchev–Trinajstić information content (AvgIpc) is 3.80. The van der Waals surface area contributed by atoms with E-state index in [1.54, 1.807) is 18.3 Å². The van der Waals surface area contributed by atoms with Crippen LogP contribution in [0.1, 0.15) is 37.0 Å². The normalized spacial score (nSPS) is 14.6. The number of likely N-dealkylation sites (tertiary alicyclic amines) is 1. The number of hydrogen-bond donors (Lipinski definition) is 3. The fourth-order valence-electron chi connectivity index (χ4n) is 6.51. The first-order valence-electron chi connectivity index (χ1n) is 17.2. The van der Waals surface area contributed by atoms with E-state index in [2.05, 4.69) is 27.4 Å². The molecule has 5 aromatic rings. The van der Waals surface area contributed by atoms with Gasteiger partial charge in [0.25, 0.3) is 0 Å². The molecule has 51 heavy (non-hydrogen) atoms. The summed E-state index contributed by atoms with van der Waals surface area (Å²) in [5.74, 6) is -0.437. The fraction of sp³-hybridized carbons (Fsp3) is 0.342. The van der Waals surface area contributed by atoms with E-state index in [4.69, 9.17) is 9.72 Å². The standard InChI is InChI=1S/C38H43N7O5S/c1-5-39-38(49)42-34-18-27(36-41-31(23-51-36)24-11-8-7-9-12-24)29(20-40-34)26-17-28-32(19-33(26)50-16-15-43(3)4)45(22-30(35(28)46)37(47)48)21-25-13-10-14-44(25)6-2/h7-9,11-12,17-20,22-23,25H,5-6,10,13-16,21H2,1-4H3,(H,47,48)(H2,39,40,42,49). The minimum absolute atomic E-state index is 0.213. The summed E-state index contributed by atoms with van der Waals surface area (Å²) in [4.78, 5) is 52.8. The van der Waals surface area contributed by atoms with Crippen molar-refractivity contribution in [3.63, 3.8) is 0 Å². The molecule has 0 aliphatic carbocycles. The van der Waals surface area contributed by atoms with E-state index in [1.807, 2.05) is 72.3 Å². The zero-order valence-electron chi connectivity index (χ0n) is 29.3. The molecular formula is C38H43N7O5S. The van der Waals surface area contributed by atoms with Gasteiger partial charge in [-0.15, -0.1) is 11.3 Å². The van der Waals surface area contributed by atoms with Crippen molar-refractivity contribution in [3.05, 3.63) is 82.1 Å². The number of ether oxygens (including phenoxy) is 1. The molecule has 4 heterocycles. The third-order valence-electron chi connectivity index (χ3n) is 9.10. The van der Waals surface area contributed by atoms with Gasteiger partial charge in [0.15, 0.2) is 0 Å². The molecule has 13 heteroatoms. The number of carbonyl (C=O) groups excluding carboxylic acids is 1. The van der Waals surface area contributed by atoms with Crippen LogP contribution in [0, 0.1) is 0 Å². The Balaban J connectivity index is 1.56. The Morgan fingerprint density at radius 2 is 1.90 bits per heavy atom. The monoisotopic (exact) mass is 709 g/mol. The zero-order valence-corrected chi connectivity index (χ0v) is 30.1. The summed E-state index contributed by atoms with van der Waals surface area (Å²) < 4.78 is 8.37. The molecule has 2 aromatic carbocycles. The second-order valence-corrected chi connectivity index (χ2v) is 13.6. The Hall–Kier alpha value is -5.11. The van der Waals surface area contributed by atoms with Crippen LogP contribution in [0.5, 0.6) is 5.75 Å². The van der Waals surface area contributed by atoms with Crippen LogP contribution in [0.2, 0.25) is 0 Å². The largest absolute Gasteiger partial charge is 0.492 e. The first kappa shape index (κ1) is 35.7. The molecule has 0 radical (unpaired) electrons. The van der Waals surface area contributed by atoms with Crippen molar-refractivity contribution in [1.82, 2.24) is 29.7 Å². The van der Waals surface area contributed by atoms with Crippen LogP contribution in [0.4, 0.5) is 10.6 Å². The van der Waals surface area contributed by atoms with E-state index in [-0.39, 0.29) is 17.0 Å². The number of nitrogens with one attached hydrogen (secondary N) is 2. The lowest BCUT2D eigenvalue weighted by atomic mass is 9.97. The van der Waals surface area contributed by atoms with Crippen LogP contribution >= 0.6 is 11.3 Å². The summed E-state index contributed by atoms with van der Waals surface area (Å²) in [6, 6.07) is 15.0. The fourth-order valence-corrected chi connectivity index (χ4v) is 7.37. The van der Waals surface area contributed by atoms with E-state index >= 15 is 0 Å². The van der Waals surface area contributed by atoms with Crippen LogP contribution < -0.4 is 20.8 Å². The van der Waals surface area contributed by atoms with Gasteiger partial charge >= 0.3 is 12.0 Å². The Morgan fingerprint density at radius 1 is 1.10 bits per heavy atom. The summed E-state index contributed by atoms with van der Waals surface area (Å²) >= 11 is 1.44. The van der Waals surface area contributed by atoms with E-state index in [1.165, 1.54) is 17.5 Å². The predicted molar refractivity (Wildman–Crippen MR) is 202 cm³/mol. The minimum atomic E-state index is -1.28. The van der Waals surface area contributed by atoms with E-state index in [9.17, 15) is 19.5 Å². The number of amides is 2. The minimum Gasteiger partial charge on any atom is -0.492 e. The number of anilines is 1. The number of fused-ring (bicyclic) bond motifs is 1. The number of aromatic carboxylic acids is 1. The summed E-state index contributed by atoms with van der Waals surface area (Å²) in [5.41, 5.74) is 3.33. The maximum atomic E-state index is 13.9. The number of nitrogens with zero attached hydrogens (tertiary/aromatic N) is 5. The number of hydrogen-bond acceptors (Lipinski definition) is 9. The van der Waals surface area contributed by atoms with Crippen LogP contribution in [-0.2, 0) is 6.54 Å². The molecule has 0 spiro atoms. The third kappa shape index (κ3) is 7.95. The number of carboxylic acids is 1. The maximum absolute atomic E-state index is 13.9. The Bertz CT molecular complexity index is 2100. The highest BCUT2D eigenvalue weighted by Crippen LogP contribution is 2.42. The van der Waals surface area contributed by atoms with Gasteiger partial charge in [-0.05, 0) is 59.1 Å². The molecule has 12 nitrogen and oxygen atoms in total. The van der Waals surface area contributed by atoms with Gasteiger partial charge in [-0.1, -0.05) is 37.3 Å². The van der Waals surface area contributed by atoms with Crippen LogP contribution in [-0.4, -0.2) is 94.4 Å². The topological polar surface area (TPSA) is 142 Å². The van der Waals surface area contributed by atoms with Gasteiger partial charge in [0.2, 0.25) is 5.43 Å². The number of carbonyl (C=O) groups is 2. The number of benzene rings is 2. The summed E-state index contributed by atoms with van der Waals surface area (Å²) in [6.07, 6.45) is 5.16. The summed E-state index contributed by atoms with van der Waals surface area (Å²) in [5, 5.41) is 18.6. The number of aromatic nitrogens is 3. The van der Waals surface area contributed by atoms with Gasteiger partial charge in [0, 0.05) is 77.2 Å². The number of rotatable bonds is 13. The van der Waals surface area contributed by atoms with Crippen molar-refractivity contribution in [2.45, 2.75) is 39.3 Å². The Labute approximate surface area is 300 Å². The van der Waals surface area contributed by atoms with Crippen molar-refractivity contribution < 1.29 is 19.4 Å². The van der Waals surface area contributed by atoms with Crippen LogP contribution in [0.15, 0.2) is 71.1 Å². The lowest BCUT2D eigenvalue weighted by Crippen LogP contribution is -2.33. The number of urea groups is 1. The van der Waals surface area contributed by atoms with Crippen molar-refractivity contribution in [2.24, 2.45) is 0 Å². The highest BCUT2D eigenvalue weighted by Gasteiger charge is 2.26. The number of likely N-dealkylation sites (N-methyl/N-ethyl adjacent to an activating group) is 2. The molecule has 3 N–H and O–H groups in total. The second kappa shape index (κ2) is 15.8. The molecule has 1 aliphatic rings. The number of thiazole rings is 1. The molecule has 266 valence electrons. The second-order valence-electron chi connectivity index (χ2n) is 12.8. The molecule has 1 aliphatic heterocycles. The van der Waals surface area contributed by atoms with E-state index < -0.39 is 17.4 Å². The highest BCUT2D eigenvalue weighted by atomic mass is 32.1. The number of carboxylic acid groups (broad SMARTS) is 1. The molecule has 1 atom stereocenters. The molecular weight excluding hydrogens is 667 g/mol. The van der Waals surface area contributed by atoms with Gasteiger partial charge < -0.3 is 24.6 Å². The van der Waals surface area contributed by atoms with Crippen molar-refractivity contribution in [1.29, 1.82) is 0 Å². The molecule has 2 amide bonds. The number of pyridine rings is 2. The average molecular weight is 710 g/mol. The van der Waals surface area contributed by atoms with Crippen molar-refractivity contribution >= 4 is 40.1 Å². The third-order valence-corrected chi connectivity index (χ3v) is 9.97. The predicted octanol–water partition coefficient (Wildman–Crippen LogP) is 6.12. The summed E-state index contributed by atoms with van der Waals surface area (Å²) in [6.45, 7) is 7.82. The van der Waals surface area contributed by atoms with Crippen LogP contribution in [0.25, 0.3) is 43.9 Å². The Kier molecular flexibility index (Phi) is 11.1. The molecule has 1 fully saturated rings. The maximum Gasteiger partial charge on any atom is 0.341 e. The molecule has 1 saturated heterocycles. The molecule has 3 aromatic heterocycles. The molecule has 1 unspecified atom stereocenters. The quantitative estimate of drug-likeness (QED) is 0.132. The van der Waals surface area contributed by atoms with Gasteiger partial charge in [-0.3, -0.25) is 15.0 Å². The lowest BCUT2D eigenvalue weighted by molar-refractivity contribution is 0.0694. The smallest absolute Gasteiger partial charge is 0.341 e. The van der Waals surface area contributed by atoms with Crippen molar-refractivity contribution in [3.8, 4) is 38.7 Å². The van der Waals surface area contributed by atoms with E-state index in [0.717, 1.165) is 37.2 Å². The molecule has 0 saturated carbocycles. The summed E-state index contributed by atoms with van der Waals surface area (Å²) in [7, 11) is 3.93. The van der Waals surface area contributed by atoms with E-state index in [0.29, 0.717) is 65.0 Å². The van der Waals surface area contributed by atoms with Crippen molar-refractivity contribution in [2.75, 3.05) is 52.2 Å². The van der Waals surface area contributed by atoms with Gasteiger partial charge in [-0.2, -0.15) is 0 Å². The van der Waals surface area contributed by atoms with Crippen LogP contribution in [0.3, 0.4) is 0 Å².